The van der Waals surface area contributed by atoms with E-state index in [1.165, 1.54) is 11.3 Å². The maximum absolute atomic E-state index is 12.0. The summed E-state index contributed by atoms with van der Waals surface area (Å²) < 4.78 is 11.0. The number of ether oxygens (including phenoxy) is 2. The van der Waals surface area contributed by atoms with Crippen LogP contribution < -0.4 is 10.5 Å². The van der Waals surface area contributed by atoms with Gasteiger partial charge in [-0.1, -0.05) is 12.1 Å². The first kappa shape index (κ1) is 17.9. The van der Waals surface area contributed by atoms with Crippen molar-refractivity contribution in [3.8, 4) is 17.0 Å². The fourth-order valence-electron chi connectivity index (χ4n) is 2.38. The highest BCUT2D eigenvalue weighted by Gasteiger charge is 2.10. The Morgan fingerprint density at radius 3 is 2.62 bits per heavy atom. The Morgan fingerprint density at radius 1 is 1.19 bits per heavy atom. The topological polar surface area (TPSA) is 74.4 Å². The van der Waals surface area contributed by atoms with E-state index >= 15 is 0 Å². The molecule has 1 aromatic heterocycles. The average Bonchev–Trinajstić information content (AvgIpc) is 3.06. The molecule has 0 radical (unpaired) electrons. The zero-order valence-electron chi connectivity index (χ0n) is 14.6. The van der Waals surface area contributed by atoms with Crippen molar-refractivity contribution in [2.75, 3.05) is 5.73 Å². The van der Waals surface area contributed by atoms with Crippen LogP contribution in [0.4, 0.5) is 5.13 Å². The maximum Gasteiger partial charge on any atom is 0.338 e. The molecule has 0 fully saturated rings. The molecule has 0 bridgehead atoms. The van der Waals surface area contributed by atoms with Crippen molar-refractivity contribution < 1.29 is 14.3 Å². The lowest BCUT2D eigenvalue weighted by Gasteiger charge is -2.10. The number of nitrogen functional groups attached to an aromatic ring is 1. The van der Waals surface area contributed by atoms with Crippen molar-refractivity contribution in [2.45, 2.75) is 26.6 Å². The number of hydrogen-bond acceptors (Lipinski definition) is 6. The maximum atomic E-state index is 12.0. The second-order valence-corrected chi connectivity index (χ2v) is 6.93. The van der Waals surface area contributed by atoms with E-state index in [1.54, 1.807) is 12.1 Å². The average molecular weight is 368 g/mol. The lowest BCUT2D eigenvalue weighted by molar-refractivity contribution is 0.0377. The van der Waals surface area contributed by atoms with Gasteiger partial charge < -0.3 is 15.2 Å². The van der Waals surface area contributed by atoms with Gasteiger partial charge in [0.15, 0.2) is 5.13 Å². The Morgan fingerprint density at radius 2 is 1.96 bits per heavy atom. The lowest BCUT2D eigenvalue weighted by Crippen LogP contribution is -2.12. The number of aromatic nitrogens is 1. The highest BCUT2D eigenvalue weighted by Crippen LogP contribution is 2.25. The summed E-state index contributed by atoms with van der Waals surface area (Å²) in [5.41, 5.74) is 8.94. The van der Waals surface area contributed by atoms with Crippen molar-refractivity contribution in [1.82, 2.24) is 4.98 Å². The van der Waals surface area contributed by atoms with Crippen molar-refractivity contribution in [2.24, 2.45) is 0 Å². The van der Waals surface area contributed by atoms with Crippen LogP contribution in [-0.4, -0.2) is 17.1 Å². The van der Waals surface area contributed by atoms with Crippen LogP contribution in [0, 0.1) is 0 Å². The molecule has 1 heterocycles. The fraction of sp³-hybridized carbons (Fsp3) is 0.200. The van der Waals surface area contributed by atoms with Crippen LogP contribution in [0.25, 0.3) is 11.3 Å². The summed E-state index contributed by atoms with van der Waals surface area (Å²) in [5.74, 6) is 0.417. The third-order valence-electron chi connectivity index (χ3n) is 3.58. The SMILES string of the molecule is CC(C)OC(=O)c1cccc(COc2ccc(-c3csc(N)n3)cc2)c1. The molecule has 26 heavy (non-hydrogen) atoms. The number of carbonyl (C=O) groups excluding carboxylic acids is 1. The van der Waals surface area contributed by atoms with Gasteiger partial charge in [0.2, 0.25) is 0 Å². The third-order valence-corrected chi connectivity index (χ3v) is 4.26. The molecule has 0 amide bonds. The number of nitrogens with two attached hydrogens (primary N) is 1. The van der Waals surface area contributed by atoms with Crippen molar-refractivity contribution in [3.63, 3.8) is 0 Å². The molecule has 0 saturated heterocycles. The molecule has 0 aliphatic heterocycles. The van der Waals surface area contributed by atoms with Gasteiger partial charge in [-0.3, -0.25) is 0 Å². The lowest BCUT2D eigenvalue weighted by atomic mass is 10.1. The predicted molar refractivity (Wildman–Crippen MR) is 103 cm³/mol. The number of esters is 1. The predicted octanol–water partition coefficient (Wildman–Crippen LogP) is 4.54. The van der Waals surface area contributed by atoms with Crippen LogP contribution in [0.3, 0.4) is 0 Å². The van der Waals surface area contributed by atoms with Crippen LogP contribution >= 0.6 is 11.3 Å². The van der Waals surface area contributed by atoms with Gasteiger partial charge in [-0.15, -0.1) is 11.3 Å². The molecule has 0 atom stereocenters. The van der Waals surface area contributed by atoms with Crippen LogP contribution in [0.5, 0.6) is 5.75 Å². The highest BCUT2D eigenvalue weighted by atomic mass is 32.1. The fourth-order valence-corrected chi connectivity index (χ4v) is 2.95. The van der Waals surface area contributed by atoms with Gasteiger partial charge in [-0.25, -0.2) is 9.78 Å². The van der Waals surface area contributed by atoms with E-state index in [1.807, 2.05) is 55.6 Å². The van der Waals surface area contributed by atoms with Crippen molar-refractivity contribution in [1.29, 1.82) is 0 Å². The Bertz CT molecular complexity index is 888. The van der Waals surface area contributed by atoms with Gasteiger partial charge >= 0.3 is 5.97 Å². The first-order chi connectivity index (χ1) is 12.5. The summed E-state index contributed by atoms with van der Waals surface area (Å²) in [6.07, 6.45) is -0.144. The van der Waals surface area contributed by atoms with E-state index < -0.39 is 0 Å². The normalized spacial score (nSPS) is 10.7. The Balaban J connectivity index is 1.63. The molecule has 0 aliphatic carbocycles. The van der Waals surface area contributed by atoms with E-state index in [0.717, 1.165) is 22.6 Å². The number of anilines is 1. The number of hydrogen-bond donors (Lipinski definition) is 1. The van der Waals surface area contributed by atoms with Crippen LogP contribution in [0.1, 0.15) is 29.8 Å². The summed E-state index contributed by atoms with van der Waals surface area (Å²) in [6.45, 7) is 4.02. The molecule has 3 rings (SSSR count). The minimum absolute atomic E-state index is 0.144. The molecule has 0 unspecified atom stereocenters. The van der Waals surface area contributed by atoms with E-state index in [-0.39, 0.29) is 12.1 Å². The molecule has 134 valence electrons. The summed E-state index contributed by atoms with van der Waals surface area (Å²) >= 11 is 1.42. The van der Waals surface area contributed by atoms with Crippen molar-refractivity contribution >= 4 is 22.4 Å². The Kier molecular flexibility index (Phi) is 5.53. The molecule has 6 heteroatoms. The number of carbonyl (C=O) groups is 1. The zero-order valence-corrected chi connectivity index (χ0v) is 15.5. The standard InChI is InChI=1S/C20H20N2O3S/c1-13(2)25-19(23)16-5-3-4-14(10-16)11-24-17-8-6-15(7-9-17)18-12-26-20(21)22-18/h3-10,12-13H,11H2,1-2H3,(H2,21,22). The van der Waals surface area contributed by atoms with Gasteiger partial charge in [0.1, 0.15) is 12.4 Å². The molecular formula is C20H20N2O3S. The van der Waals surface area contributed by atoms with E-state index in [2.05, 4.69) is 4.98 Å². The van der Waals surface area contributed by atoms with Crippen molar-refractivity contribution in [3.05, 3.63) is 65.0 Å². The van der Waals surface area contributed by atoms with Crippen LogP contribution in [0.2, 0.25) is 0 Å². The first-order valence-electron chi connectivity index (χ1n) is 8.25. The minimum Gasteiger partial charge on any atom is -0.489 e. The Hall–Kier alpha value is -2.86. The van der Waals surface area contributed by atoms with Crippen LogP contribution in [-0.2, 0) is 11.3 Å². The number of benzene rings is 2. The third kappa shape index (κ3) is 4.61. The summed E-state index contributed by atoms with van der Waals surface area (Å²) in [4.78, 5) is 16.2. The number of thiazole rings is 1. The number of rotatable bonds is 6. The molecule has 2 aromatic carbocycles. The van der Waals surface area contributed by atoms with Gasteiger partial charge in [-0.05, 0) is 55.8 Å². The Labute approximate surface area is 156 Å². The minimum atomic E-state index is -0.325. The van der Waals surface area contributed by atoms with E-state index in [9.17, 15) is 4.79 Å². The number of nitrogens with zero attached hydrogens (tertiary/aromatic N) is 1. The van der Waals surface area contributed by atoms with E-state index in [0.29, 0.717) is 17.3 Å². The molecule has 0 spiro atoms. The van der Waals surface area contributed by atoms with Crippen LogP contribution in [0.15, 0.2) is 53.9 Å². The second-order valence-electron chi connectivity index (χ2n) is 6.04. The quantitative estimate of drug-likeness (QED) is 0.647. The zero-order chi connectivity index (χ0) is 18.5. The van der Waals surface area contributed by atoms with Gasteiger partial charge in [0.25, 0.3) is 0 Å². The monoisotopic (exact) mass is 368 g/mol. The highest BCUT2D eigenvalue weighted by molar-refractivity contribution is 7.13. The molecular weight excluding hydrogens is 348 g/mol. The van der Waals surface area contributed by atoms with Gasteiger partial charge in [0, 0.05) is 10.9 Å². The summed E-state index contributed by atoms with van der Waals surface area (Å²) in [6, 6.07) is 14.9. The molecule has 0 saturated carbocycles. The molecule has 2 N–H and O–H groups in total. The van der Waals surface area contributed by atoms with Gasteiger partial charge in [0.05, 0.1) is 17.4 Å². The molecule has 5 nitrogen and oxygen atoms in total. The smallest absolute Gasteiger partial charge is 0.338 e. The molecule has 0 aliphatic rings. The molecule has 3 aromatic rings. The van der Waals surface area contributed by atoms with Gasteiger partial charge in [-0.2, -0.15) is 0 Å². The largest absolute Gasteiger partial charge is 0.489 e. The summed E-state index contributed by atoms with van der Waals surface area (Å²) in [7, 11) is 0. The first-order valence-corrected chi connectivity index (χ1v) is 9.13. The second kappa shape index (κ2) is 8.01. The summed E-state index contributed by atoms with van der Waals surface area (Å²) in [5, 5.41) is 2.48. The van der Waals surface area contributed by atoms with E-state index in [4.69, 9.17) is 15.2 Å².